The number of alkyl halides is 3. The van der Waals surface area contributed by atoms with Gasteiger partial charge in [-0.2, -0.15) is 13.2 Å². The third-order valence-corrected chi connectivity index (χ3v) is 4.44. The van der Waals surface area contributed by atoms with E-state index in [2.05, 4.69) is 18.7 Å². The number of aryl methyl sites for hydroxylation is 1. The van der Waals surface area contributed by atoms with E-state index in [9.17, 15) is 13.2 Å². The van der Waals surface area contributed by atoms with E-state index in [1.165, 1.54) is 0 Å². The van der Waals surface area contributed by atoms with Crippen LogP contribution in [0.5, 0.6) is 0 Å². The van der Waals surface area contributed by atoms with E-state index >= 15 is 0 Å². The number of hydrogen-bond acceptors (Lipinski definition) is 2. The van der Waals surface area contributed by atoms with E-state index < -0.39 is 11.9 Å². The Kier molecular flexibility index (Phi) is 5.59. The van der Waals surface area contributed by atoms with Crippen molar-refractivity contribution in [2.45, 2.75) is 44.3 Å². The Hall–Kier alpha value is -0.840. The van der Waals surface area contributed by atoms with E-state index in [4.69, 9.17) is 0 Å². The van der Waals surface area contributed by atoms with Gasteiger partial charge in [-0.3, -0.25) is 0 Å². The fraction of sp³-hybridized carbons (Fsp3) is 0.571. The van der Waals surface area contributed by atoms with Crippen LogP contribution in [0.2, 0.25) is 0 Å². The van der Waals surface area contributed by atoms with Crippen LogP contribution < -0.4 is 4.90 Å². The summed E-state index contributed by atoms with van der Waals surface area (Å²) >= 11 is 0.853. The lowest BCUT2D eigenvalue weighted by molar-refractivity contribution is -0.105. The number of rotatable bonds is 5. The van der Waals surface area contributed by atoms with Crippen molar-refractivity contribution in [3.05, 3.63) is 23.8 Å². The minimum Gasteiger partial charge on any atom is -0.372 e. The maximum Gasteiger partial charge on any atom is 0.398 e. The first-order valence-corrected chi connectivity index (χ1v) is 7.26. The SMILES string of the molecule is CCC(C)N(C)c1ccc(C)c(SCC(F)(F)F)c1. The summed E-state index contributed by atoms with van der Waals surface area (Å²) in [5, 5.41) is 0. The fourth-order valence-electron chi connectivity index (χ4n) is 1.65. The van der Waals surface area contributed by atoms with Crippen LogP contribution in [0.4, 0.5) is 18.9 Å². The van der Waals surface area contributed by atoms with Crippen molar-refractivity contribution < 1.29 is 13.2 Å². The zero-order valence-electron chi connectivity index (χ0n) is 11.7. The Bertz CT molecular complexity index is 418. The van der Waals surface area contributed by atoms with Crippen LogP contribution in [0.3, 0.4) is 0 Å². The van der Waals surface area contributed by atoms with Gasteiger partial charge in [0.15, 0.2) is 0 Å². The summed E-state index contributed by atoms with van der Waals surface area (Å²) in [6.07, 6.45) is -3.13. The summed E-state index contributed by atoms with van der Waals surface area (Å²) < 4.78 is 36.9. The molecule has 1 rings (SSSR count). The normalized spacial score (nSPS) is 13.4. The molecule has 0 aromatic heterocycles. The maximum atomic E-state index is 12.3. The van der Waals surface area contributed by atoms with Gasteiger partial charge in [0.1, 0.15) is 0 Å². The number of anilines is 1. The van der Waals surface area contributed by atoms with Crippen molar-refractivity contribution in [1.82, 2.24) is 0 Å². The van der Waals surface area contributed by atoms with Crippen LogP contribution >= 0.6 is 11.8 Å². The van der Waals surface area contributed by atoms with Crippen LogP contribution in [-0.4, -0.2) is 25.0 Å². The molecule has 1 aromatic rings. The lowest BCUT2D eigenvalue weighted by atomic mass is 10.1. The molecule has 1 aromatic carbocycles. The van der Waals surface area contributed by atoms with Crippen LogP contribution in [0.15, 0.2) is 23.1 Å². The standard InChI is InChI=1S/C14H20F3NS/c1-5-11(3)18(4)12-7-6-10(2)13(8-12)19-9-14(15,16)17/h6-8,11H,5,9H2,1-4H3. The molecule has 108 valence electrons. The van der Waals surface area contributed by atoms with Gasteiger partial charge in [0, 0.05) is 23.7 Å². The molecule has 1 nitrogen and oxygen atoms in total. The van der Waals surface area contributed by atoms with Gasteiger partial charge >= 0.3 is 6.18 Å². The summed E-state index contributed by atoms with van der Waals surface area (Å²) in [6.45, 7) is 6.03. The number of thioether (sulfide) groups is 1. The van der Waals surface area contributed by atoms with Crippen molar-refractivity contribution in [2.24, 2.45) is 0 Å². The second-order valence-corrected chi connectivity index (χ2v) is 5.74. The third kappa shape index (κ3) is 4.97. The molecule has 5 heteroatoms. The molecular weight excluding hydrogens is 271 g/mol. The molecule has 0 radical (unpaired) electrons. The summed E-state index contributed by atoms with van der Waals surface area (Å²) in [6, 6.07) is 6.05. The van der Waals surface area contributed by atoms with Gasteiger partial charge in [-0.15, -0.1) is 11.8 Å². The van der Waals surface area contributed by atoms with E-state index in [0.29, 0.717) is 10.9 Å². The molecule has 1 atom stereocenters. The zero-order valence-corrected chi connectivity index (χ0v) is 12.5. The van der Waals surface area contributed by atoms with E-state index in [-0.39, 0.29) is 0 Å². The van der Waals surface area contributed by atoms with E-state index in [1.807, 2.05) is 32.2 Å². The summed E-state index contributed by atoms with van der Waals surface area (Å²) in [5.41, 5.74) is 1.85. The second-order valence-electron chi connectivity index (χ2n) is 4.72. The van der Waals surface area contributed by atoms with Crippen molar-refractivity contribution >= 4 is 17.4 Å². The van der Waals surface area contributed by atoms with Crippen LogP contribution in [0.1, 0.15) is 25.8 Å². The van der Waals surface area contributed by atoms with Gasteiger partial charge in [-0.05, 0) is 38.0 Å². The van der Waals surface area contributed by atoms with Crippen LogP contribution in [0.25, 0.3) is 0 Å². The summed E-state index contributed by atoms with van der Waals surface area (Å²) in [5.74, 6) is -0.843. The molecule has 0 heterocycles. The summed E-state index contributed by atoms with van der Waals surface area (Å²) in [4.78, 5) is 2.79. The number of nitrogens with zero attached hydrogens (tertiary/aromatic N) is 1. The molecule has 0 aliphatic heterocycles. The number of hydrogen-bond donors (Lipinski definition) is 0. The molecule has 0 bridgehead atoms. The molecule has 0 saturated carbocycles. The van der Waals surface area contributed by atoms with Gasteiger partial charge < -0.3 is 4.90 Å². The topological polar surface area (TPSA) is 3.24 Å². The fourth-order valence-corrected chi connectivity index (χ4v) is 2.47. The van der Waals surface area contributed by atoms with E-state index in [1.54, 1.807) is 0 Å². The molecule has 0 saturated heterocycles. The predicted molar refractivity (Wildman–Crippen MR) is 76.1 cm³/mol. The van der Waals surface area contributed by atoms with Crippen molar-refractivity contribution in [1.29, 1.82) is 0 Å². The first-order chi connectivity index (χ1) is 8.74. The number of halogens is 3. The third-order valence-electron chi connectivity index (χ3n) is 3.22. The molecular formula is C14H20F3NS. The minimum atomic E-state index is -4.13. The molecule has 19 heavy (non-hydrogen) atoms. The van der Waals surface area contributed by atoms with Crippen LogP contribution in [-0.2, 0) is 0 Å². The lowest BCUT2D eigenvalue weighted by Gasteiger charge is -2.26. The van der Waals surface area contributed by atoms with Gasteiger partial charge in [0.05, 0.1) is 5.75 Å². The highest BCUT2D eigenvalue weighted by atomic mass is 32.2. The Balaban J connectivity index is 2.88. The van der Waals surface area contributed by atoms with Crippen molar-refractivity contribution in [3.63, 3.8) is 0 Å². The maximum absolute atomic E-state index is 12.3. The average Bonchev–Trinajstić information content (AvgIpc) is 2.35. The summed E-state index contributed by atoms with van der Waals surface area (Å²) in [7, 11) is 1.97. The van der Waals surface area contributed by atoms with Gasteiger partial charge in [-0.25, -0.2) is 0 Å². The predicted octanol–water partition coefficient (Wildman–Crippen LogP) is 4.88. The largest absolute Gasteiger partial charge is 0.398 e. The van der Waals surface area contributed by atoms with Crippen molar-refractivity contribution in [2.75, 3.05) is 17.7 Å². The van der Waals surface area contributed by atoms with Crippen molar-refractivity contribution in [3.8, 4) is 0 Å². The van der Waals surface area contributed by atoms with E-state index in [0.717, 1.165) is 29.4 Å². The molecule has 0 aliphatic rings. The first-order valence-electron chi connectivity index (χ1n) is 6.27. The smallest absolute Gasteiger partial charge is 0.372 e. The molecule has 0 spiro atoms. The molecule has 0 aliphatic carbocycles. The zero-order chi connectivity index (χ0) is 14.6. The monoisotopic (exact) mass is 291 g/mol. The van der Waals surface area contributed by atoms with Crippen LogP contribution in [0, 0.1) is 6.92 Å². The highest BCUT2D eigenvalue weighted by Crippen LogP contribution is 2.32. The van der Waals surface area contributed by atoms with Gasteiger partial charge in [0.25, 0.3) is 0 Å². The highest BCUT2D eigenvalue weighted by molar-refractivity contribution is 7.99. The Morgan fingerprint density at radius 2 is 1.95 bits per heavy atom. The molecule has 1 unspecified atom stereocenters. The quantitative estimate of drug-likeness (QED) is 0.711. The number of benzene rings is 1. The lowest BCUT2D eigenvalue weighted by Crippen LogP contribution is -2.27. The molecule has 0 fully saturated rings. The minimum absolute atomic E-state index is 0.364. The average molecular weight is 291 g/mol. The van der Waals surface area contributed by atoms with Gasteiger partial charge in [0.2, 0.25) is 0 Å². The Labute approximate surface area is 117 Å². The molecule has 0 amide bonds. The Morgan fingerprint density at radius 3 is 2.47 bits per heavy atom. The highest BCUT2D eigenvalue weighted by Gasteiger charge is 2.27. The molecule has 0 N–H and O–H groups in total. The first kappa shape index (κ1) is 16.2. The second kappa shape index (κ2) is 6.55. The van der Waals surface area contributed by atoms with Gasteiger partial charge in [-0.1, -0.05) is 13.0 Å². The Morgan fingerprint density at radius 1 is 1.32 bits per heavy atom.